The molecule has 1 aromatic heterocycles. The molecule has 0 saturated carbocycles. The van der Waals surface area contributed by atoms with E-state index in [2.05, 4.69) is 15.7 Å². The van der Waals surface area contributed by atoms with Crippen LogP contribution in [0.1, 0.15) is 10.4 Å². The molecule has 8 heteroatoms. The molecule has 0 unspecified atom stereocenters. The zero-order chi connectivity index (χ0) is 16.7. The maximum atomic E-state index is 12.1. The molecule has 0 fully saturated rings. The van der Waals surface area contributed by atoms with Gasteiger partial charge in [0, 0.05) is 31.1 Å². The van der Waals surface area contributed by atoms with Gasteiger partial charge in [0.15, 0.2) is 0 Å². The van der Waals surface area contributed by atoms with Crippen molar-refractivity contribution in [2.45, 2.75) is 6.54 Å². The van der Waals surface area contributed by atoms with Gasteiger partial charge in [0.1, 0.15) is 6.54 Å². The van der Waals surface area contributed by atoms with E-state index in [0.29, 0.717) is 30.1 Å². The SMILES string of the molecule is COCCNC(=O)Cn1cc(NC(=O)c2cccc(N)c2)cn1. The van der Waals surface area contributed by atoms with E-state index in [1.165, 1.54) is 10.9 Å². The highest BCUT2D eigenvalue weighted by Gasteiger charge is 2.09. The standard InChI is InChI=1S/C15H19N5O3/c1-23-6-5-17-14(21)10-20-9-13(8-18-20)19-15(22)11-3-2-4-12(16)7-11/h2-4,7-9H,5-6,10,16H2,1H3,(H,17,21)(H,19,22). The third kappa shape index (κ3) is 5.11. The molecule has 8 nitrogen and oxygen atoms in total. The van der Waals surface area contributed by atoms with Crippen molar-refractivity contribution in [2.24, 2.45) is 0 Å². The Morgan fingerprint density at radius 1 is 1.39 bits per heavy atom. The summed E-state index contributed by atoms with van der Waals surface area (Å²) in [5.41, 5.74) is 7.12. The summed E-state index contributed by atoms with van der Waals surface area (Å²) >= 11 is 0. The minimum absolute atomic E-state index is 0.0673. The van der Waals surface area contributed by atoms with E-state index >= 15 is 0 Å². The summed E-state index contributed by atoms with van der Waals surface area (Å²) in [5, 5.41) is 9.42. The number of aromatic nitrogens is 2. The summed E-state index contributed by atoms with van der Waals surface area (Å²) in [6, 6.07) is 6.66. The van der Waals surface area contributed by atoms with Gasteiger partial charge in [0.05, 0.1) is 18.5 Å². The first kappa shape index (κ1) is 16.5. The molecule has 0 atom stereocenters. The summed E-state index contributed by atoms with van der Waals surface area (Å²) in [4.78, 5) is 23.7. The quantitative estimate of drug-likeness (QED) is 0.508. The first-order valence-corrected chi connectivity index (χ1v) is 7.03. The van der Waals surface area contributed by atoms with Crippen LogP contribution in [0, 0.1) is 0 Å². The van der Waals surface area contributed by atoms with E-state index in [1.54, 1.807) is 37.6 Å². The minimum atomic E-state index is -0.290. The highest BCUT2D eigenvalue weighted by Crippen LogP contribution is 2.11. The molecular weight excluding hydrogens is 298 g/mol. The lowest BCUT2D eigenvalue weighted by molar-refractivity contribution is -0.122. The molecule has 0 saturated heterocycles. The van der Waals surface area contributed by atoms with Crippen LogP contribution in [-0.2, 0) is 16.1 Å². The number of benzene rings is 1. The Bertz CT molecular complexity index is 683. The zero-order valence-electron chi connectivity index (χ0n) is 12.8. The monoisotopic (exact) mass is 317 g/mol. The van der Waals surface area contributed by atoms with Crippen LogP contribution in [0.3, 0.4) is 0 Å². The van der Waals surface area contributed by atoms with Crippen molar-refractivity contribution in [1.82, 2.24) is 15.1 Å². The normalized spacial score (nSPS) is 10.3. The van der Waals surface area contributed by atoms with Crippen molar-refractivity contribution in [2.75, 3.05) is 31.3 Å². The van der Waals surface area contributed by atoms with Gasteiger partial charge in [-0.05, 0) is 18.2 Å². The molecule has 0 spiro atoms. The van der Waals surface area contributed by atoms with Crippen molar-refractivity contribution in [3.8, 4) is 0 Å². The second-order valence-electron chi connectivity index (χ2n) is 4.85. The van der Waals surface area contributed by atoms with Gasteiger partial charge < -0.3 is 21.1 Å². The van der Waals surface area contributed by atoms with Crippen molar-refractivity contribution in [1.29, 1.82) is 0 Å². The van der Waals surface area contributed by atoms with Crippen LogP contribution in [0.25, 0.3) is 0 Å². The van der Waals surface area contributed by atoms with Gasteiger partial charge in [0.25, 0.3) is 5.91 Å². The van der Waals surface area contributed by atoms with E-state index in [9.17, 15) is 9.59 Å². The third-order valence-electron chi connectivity index (χ3n) is 2.97. The lowest BCUT2D eigenvalue weighted by Crippen LogP contribution is -2.30. The molecular formula is C15H19N5O3. The molecule has 122 valence electrons. The van der Waals surface area contributed by atoms with E-state index in [1.807, 2.05) is 0 Å². The zero-order valence-corrected chi connectivity index (χ0v) is 12.8. The van der Waals surface area contributed by atoms with E-state index in [-0.39, 0.29) is 18.4 Å². The lowest BCUT2D eigenvalue weighted by atomic mass is 10.2. The van der Waals surface area contributed by atoms with Gasteiger partial charge in [-0.25, -0.2) is 0 Å². The van der Waals surface area contributed by atoms with Gasteiger partial charge in [-0.1, -0.05) is 6.07 Å². The Balaban J connectivity index is 1.89. The first-order chi connectivity index (χ1) is 11.1. The molecule has 0 bridgehead atoms. The van der Waals surface area contributed by atoms with Crippen molar-refractivity contribution >= 4 is 23.2 Å². The second-order valence-corrected chi connectivity index (χ2v) is 4.85. The number of anilines is 2. The Morgan fingerprint density at radius 3 is 2.96 bits per heavy atom. The van der Waals surface area contributed by atoms with Crippen molar-refractivity contribution in [3.63, 3.8) is 0 Å². The van der Waals surface area contributed by atoms with Crippen molar-refractivity contribution < 1.29 is 14.3 Å². The predicted octanol–water partition coefficient (Wildman–Crippen LogP) is 0.480. The van der Waals surface area contributed by atoms with Crippen LogP contribution < -0.4 is 16.4 Å². The number of hydrogen-bond acceptors (Lipinski definition) is 5. The Kier molecular flexibility index (Phi) is 5.70. The topological polar surface area (TPSA) is 111 Å². The smallest absolute Gasteiger partial charge is 0.255 e. The average molecular weight is 317 g/mol. The van der Waals surface area contributed by atoms with E-state index in [0.717, 1.165) is 0 Å². The van der Waals surface area contributed by atoms with Crippen LogP contribution in [0.2, 0.25) is 0 Å². The molecule has 1 aromatic carbocycles. The van der Waals surface area contributed by atoms with Gasteiger partial charge >= 0.3 is 0 Å². The number of nitrogen functional groups attached to an aromatic ring is 1. The maximum Gasteiger partial charge on any atom is 0.255 e. The molecule has 4 N–H and O–H groups in total. The van der Waals surface area contributed by atoms with Crippen LogP contribution in [0.15, 0.2) is 36.7 Å². The summed E-state index contributed by atoms with van der Waals surface area (Å²) in [5.74, 6) is -0.472. The highest BCUT2D eigenvalue weighted by atomic mass is 16.5. The fourth-order valence-corrected chi connectivity index (χ4v) is 1.89. The number of nitrogens with two attached hydrogens (primary N) is 1. The number of ether oxygens (including phenoxy) is 1. The molecule has 2 rings (SSSR count). The number of amides is 2. The Labute approximate surface area is 133 Å². The van der Waals surface area contributed by atoms with Gasteiger partial charge in [-0.3, -0.25) is 14.3 Å². The molecule has 0 radical (unpaired) electrons. The Morgan fingerprint density at radius 2 is 2.22 bits per heavy atom. The summed E-state index contributed by atoms with van der Waals surface area (Å²) in [6.45, 7) is 0.958. The third-order valence-corrected chi connectivity index (χ3v) is 2.97. The van der Waals surface area contributed by atoms with E-state index in [4.69, 9.17) is 10.5 Å². The summed E-state index contributed by atoms with van der Waals surface area (Å²) < 4.78 is 6.29. The predicted molar refractivity (Wildman–Crippen MR) is 85.9 cm³/mol. The molecule has 0 aliphatic rings. The summed E-state index contributed by atoms with van der Waals surface area (Å²) in [7, 11) is 1.56. The summed E-state index contributed by atoms with van der Waals surface area (Å²) in [6.07, 6.45) is 3.06. The maximum absolute atomic E-state index is 12.1. The number of hydrogen-bond donors (Lipinski definition) is 3. The minimum Gasteiger partial charge on any atom is -0.399 e. The molecule has 1 heterocycles. The van der Waals surface area contributed by atoms with Gasteiger partial charge in [-0.2, -0.15) is 5.10 Å². The highest BCUT2D eigenvalue weighted by molar-refractivity contribution is 6.04. The van der Waals surface area contributed by atoms with Crippen LogP contribution in [0.5, 0.6) is 0 Å². The number of rotatable bonds is 7. The van der Waals surface area contributed by atoms with E-state index < -0.39 is 0 Å². The average Bonchev–Trinajstić information content (AvgIpc) is 2.94. The molecule has 23 heavy (non-hydrogen) atoms. The number of methoxy groups -OCH3 is 1. The molecule has 2 amide bonds. The molecule has 2 aromatic rings. The fraction of sp³-hybridized carbons (Fsp3) is 0.267. The van der Waals surface area contributed by atoms with Crippen LogP contribution in [0.4, 0.5) is 11.4 Å². The lowest BCUT2D eigenvalue weighted by Gasteiger charge is -2.04. The first-order valence-electron chi connectivity index (χ1n) is 7.03. The van der Waals surface area contributed by atoms with Gasteiger partial charge in [-0.15, -0.1) is 0 Å². The number of nitrogens with zero attached hydrogens (tertiary/aromatic N) is 2. The number of nitrogens with one attached hydrogen (secondary N) is 2. The second kappa shape index (κ2) is 7.95. The van der Waals surface area contributed by atoms with Gasteiger partial charge in [0.2, 0.25) is 5.91 Å². The number of carbonyl (C=O) groups excluding carboxylic acids is 2. The van der Waals surface area contributed by atoms with Crippen LogP contribution in [-0.4, -0.2) is 41.9 Å². The molecule has 0 aliphatic carbocycles. The van der Waals surface area contributed by atoms with Crippen LogP contribution >= 0.6 is 0 Å². The largest absolute Gasteiger partial charge is 0.399 e. The Hall–Kier alpha value is -2.87. The number of carbonyl (C=O) groups is 2. The van der Waals surface area contributed by atoms with Crippen molar-refractivity contribution in [3.05, 3.63) is 42.2 Å². The fourth-order valence-electron chi connectivity index (χ4n) is 1.89. The molecule has 0 aliphatic heterocycles.